The molecule has 10 heteroatoms. The number of nitrogens with one attached hydrogen (secondary N) is 1. The predicted octanol–water partition coefficient (Wildman–Crippen LogP) is 4.33. The fourth-order valence-electron chi connectivity index (χ4n) is 4.03. The van der Waals surface area contributed by atoms with Crippen molar-refractivity contribution in [2.24, 2.45) is 0 Å². The lowest BCUT2D eigenvalue weighted by Gasteiger charge is -2.15. The summed E-state index contributed by atoms with van der Waals surface area (Å²) in [5.41, 5.74) is 0.247. The topological polar surface area (TPSA) is 66.7 Å². The summed E-state index contributed by atoms with van der Waals surface area (Å²) in [6.45, 7) is 3.17. The molecule has 1 N–H and O–H groups in total. The summed E-state index contributed by atoms with van der Waals surface area (Å²) < 4.78 is 16.6. The quantitative estimate of drug-likeness (QED) is 0.443. The normalized spacial score (nSPS) is 14.8. The van der Waals surface area contributed by atoms with Crippen molar-refractivity contribution in [2.45, 2.75) is 12.8 Å². The number of carbonyl (C=O) groups is 1. The predicted molar refractivity (Wildman–Crippen MR) is 122 cm³/mol. The number of likely N-dealkylation sites (tertiary alicyclic amines) is 1. The van der Waals surface area contributed by atoms with Crippen LogP contribution in [0.4, 0.5) is 4.39 Å². The highest BCUT2D eigenvalue weighted by Gasteiger charge is 2.24. The second kappa shape index (κ2) is 8.02. The van der Waals surface area contributed by atoms with Crippen LogP contribution in [0.5, 0.6) is 0 Å². The number of rotatable bonds is 4. The Kier molecular flexibility index (Phi) is 5.34. The third-order valence-corrected chi connectivity index (χ3v) is 7.17. The highest BCUT2D eigenvalue weighted by Crippen LogP contribution is 2.33. The van der Waals surface area contributed by atoms with Crippen LogP contribution in [0.1, 0.15) is 23.2 Å². The minimum atomic E-state index is -0.816. The highest BCUT2D eigenvalue weighted by molar-refractivity contribution is 7.24. The van der Waals surface area contributed by atoms with Crippen molar-refractivity contribution in [3.63, 3.8) is 0 Å². The van der Waals surface area contributed by atoms with Crippen LogP contribution in [-0.2, 0) is 0 Å². The Bertz CT molecular complexity index is 1410. The lowest BCUT2D eigenvalue weighted by molar-refractivity contribution is 0.0950. The molecule has 0 saturated carbocycles. The van der Waals surface area contributed by atoms with Gasteiger partial charge in [-0.25, -0.2) is 9.37 Å². The van der Waals surface area contributed by atoms with Crippen molar-refractivity contribution in [1.29, 1.82) is 0 Å². The van der Waals surface area contributed by atoms with E-state index >= 15 is 0 Å². The summed E-state index contributed by atoms with van der Waals surface area (Å²) in [4.78, 5) is 33.1. The van der Waals surface area contributed by atoms with E-state index in [-0.39, 0.29) is 21.7 Å². The van der Waals surface area contributed by atoms with Gasteiger partial charge in [-0.05, 0) is 50.2 Å². The van der Waals surface area contributed by atoms with Gasteiger partial charge in [0.25, 0.3) is 5.91 Å². The van der Waals surface area contributed by atoms with Crippen molar-refractivity contribution < 1.29 is 9.18 Å². The first-order valence-corrected chi connectivity index (χ1v) is 11.4. The van der Waals surface area contributed by atoms with Gasteiger partial charge in [0.1, 0.15) is 10.4 Å². The third-order valence-electron chi connectivity index (χ3n) is 5.52. The number of amides is 1. The zero-order chi connectivity index (χ0) is 21.7. The largest absolute Gasteiger partial charge is 0.351 e. The number of halogens is 3. The van der Waals surface area contributed by atoms with Crippen LogP contribution >= 0.6 is 34.5 Å². The van der Waals surface area contributed by atoms with E-state index in [1.165, 1.54) is 11.3 Å². The van der Waals surface area contributed by atoms with Crippen LogP contribution in [0.3, 0.4) is 0 Å². The molecule has 1 aromatic carbocycles. The smallest absolute Gasteiger partial charge is 0.258 e. The number of benzene rings is 1. The average Bonchev–Trinajstić information content (AvgIpc) is 3.37. The summed E-state index contributed by atoms with van der Waals surface area (Å²) in [7, 11) is 0. The summed E-state index contributed by atoms with van der Waals surface area (Å²) in [6.07, 6.45) is 2.32. The molecule has 1 amide bonds. The van der Waals surface area contributed by atoms with Gasteiger partial charge in [0.15, 0.2) is 16.6 Å². The summed E-state index contributed by atoms with van der Waals surface area (Å²) in [5.74, 6) is -1.30. The van der Waals surface area contributed by atoms with Crippen molar-refractivity contribution in [3.8, 4) is 0 Å². The minimum Gasteiger partial charge on any atom is -0.351 e. The van der Waals surface area contributed by atoms with E-state index < -0.39 is 17.2 Å². The van der Waals surface area contributed by atoms with E-state index in [4.69, 9.17) is 23.2 Å². The monoisotopic (exact) mass is 478 g/mol. The highest BCUT2D eigenvalue weighted by atomic mass is 35.5. The maximum atomic E-state index is 14.2. The van der Waals surface area contributed by atoms with Crippen LogP contribution in [0, 0.1) is 5.82 Å². The molecule has 0 radical (unpaired) electrons. The van der Waals surface area contributed by atoms with Gasteiger partial charge in [-0.15, -0.1) is 11.3 Å². The number of aromatic nitrogens is 2. The number of nitrogens with zero attached hydrogens (tertiary/aromatic N) is 3. The molecule has 0 aliphatic carbocycles. The van der Waals surface area contributed by atoms with Crippen molar-refractivity contribution in [1.82, 2.24) is 19.6 Å². The third kappa shape index (κ3) is 3.57. The number of fused-ring (bicyclic) bond motifs is 5. The van der Waals surface area contributed by atoms with Gasteiger partial charge in [-0.3, -0.25) is 14.0 Å². The first-order valence-electron chi connectivity index (χ1n) is 9.87. The molecule has 1 aliphatic heterocycles. The van der Waals surface area contributed by atoms with Gasteiger partial charge in [-0.1, -0.05) is 23.2 Å². The second-order valence-corrected chi connectivity index (χ2v) is 9.32. The number of carbonyl (C=O) groups excluding carboxylic acids is 1. The Balaban J connectivity index is 1.70. The minimum absolute atomic E-state index is 0.0104. The first-order chi connectivity index (χ1) is 14.9. The van der Waals surface area contributed by atoms with Gasteiger partial charge in [0.2, 0.25) is 5.43 Å². The maximum Gasteiger partial charge on any atom is 0.258 e. The molecule has 1 saturated heterocycles. The van der Waals surface area contributed by atoms with E-state index in [1.807, 2.05) is 6.07 Å². The summed E-state index contributed by atoms with van der Waals surface area (Å²) in [5, 5.41) is 2.99. The molecule has 3 aromatic heterocycles. The Morgan fingerprint density at radius 2 is 2.00 bits per heavy atom. The average molecular weight is 479 g/mol. The Morgan fingerprint density at radius 3 is 2.77 bits per heavy atom. The summed E-state index contributed by atoms with van der Waals surface area (Å²) >= 11 is 13.4. The number of hydrogen-bond donors (Lipinski definition) is 1. The molecule has 4 heterocycles. The SMILES string of the molecule is O=C(NCCN1CCCC1)c1c(=O)c2cc(F)c(Cl)nc2n2c1sc1ccc(Cl)cc12. The fraction of sp³-hybridized carbons (Fsp3) is 0.286. The zero-order valence-electron chi connectivity index (χ0n) is 16.3. The molecule has 0 bridgehead atoms. The molecule has 0 unspecified atom stereocenters. The zero-order valence-corrected chi connectivity index (χ0v) is 18.6. The van der Waals surface area contributed by atoms with Crippen LogP contribution in [0.25, 0.3) is 26.1 Å². The van der Waals surface area contributed by atoms with Crippen molar-refractivity contribution in [2.75, 3.05) is 26.2 Å². The molecular formula is C21H17Cl2FN4O2S. The first kappa shape index (κ1) is 20.6. The van der Waals surface area contributed by atoms with Crippen molar-refractivity contribution in [3.05, 3.63) is 56.0 Å². The van der Waals surface area contributed by atoms with E-state index in [1.54, 1.807) is 16.5 Å². The molecular weight excluding hydrogens is 462 g/mol. The molecule has 6 nitrogen and oxygen atoms in total. The Morgan fingerprint density at radius 1 is 1.23 bits per heavy atom. The molecule has 5 rings (SSSR count). The lowest BCUT2D eigenvalue weighted by atomic mass is 10.1. The van der Waals surface area contributed by atoms with E-state index in [2.05, 4.69) is 15.2 Å². The molecule has 1 fully saturated rings. The summed E-state index contributed by atoms with van der Waals surface area (Å²) in [6, 6.07) is 6.30. The molecule has 31 heavy (non-hydrogen) atoms. The van der Waals surface area contributed by atoms with Crippen LogP contribution in [0.2, 0.25) is 10.2 Å². The van der Waals surface area contributed by atoms with E-state index in [0.717, 1.165) is 43.2 Å². The fourth-order valence-corrected chi connectivity index (χ4v) is 5.50. The van der Waals surface area contributed by atoms with E-state index in [0.29, 0.717) is 21.9 Å². The molecule has 4 aromatic rings. The van der Waals surface area contributed by atoms with Crippen LogP contribution in [0.15, 0.2) is 29.1 Å². The number of pyridine rings is 2. The standard InChI is InChI=1S/C21H17Cl2FN4O2S/c22-11-3-4-15-14(9-11)28-19-12(10-13(24)18(23)26-19)17(29)16(21(28)31-15)20(30)25-5-8-27-6-1-2-7-27/h3-4,9-10H,1-2,5-8H2,(H,25,30). The van der Waals surface area contributed by atoms with Gasteiger partial charge in [-0.2, -0.15) is 0 Å². The van der Waals surface area contributed by atoms with Gasteiger partial charge < -0.3 is 10.2 Å². The number of thiazole rings is 1. The molecule has 0 spiro atoms. The Hall–Kier alpha value is -2.26. The van der Waals surface area contributed by atoms with Crippen LogP contribution < -0.4 is 10.7 Å². The molecule has 160 valence electrons. The number of hydrogen-bond acceptors (Lipinski definition) is 5. The van der Waals surface area contributed by atoms with Gasteiger partial charge in [0.05, 0.1) is 15.6 Å². The second-order valence-electron chi connectivity index (χ2n) is 7.50. The maximum absolute atomic E-state index is 14.2. The van der Waals surface area contributed by atoms with E-state index in [9.17, 15) is 14.0 Å². The molecule has 0 atom stereocenters. The molecule has 1 aliphatic rings. The van der Waals surface area contributed by atoms with Crippen molar-refractivity contribution >= 4 is 66.5 Å². The van der Waals surface area contributed by atoms with Gasteiger partial charge >= 0.3 is 0 Å². The van der Waals surface area contributed by atoms with Gasteiger partial charge in [0, 0.05) is 18.1 Å². The van der Waals surface area contributed by atoms with Crippen LogP contribution in [-0.4, -0.2) is 46.4 Å². The Labute approximate surface area is 190 Å². The lowest BCUT2D eigenvalue weighted by Crippen LogP contribution is -2.35.